The Labute approximate surface area is 106 Å². The van der Waals surface area contributed by atoms with E-state index in [-0.39, 0.29) is 0 Å². The fourth-order valence-corrected chi connectivity index (χ4v) is 4.75. The first-order valence-corrected chi connectivity index (χ1v) is 7.58. The quantitative estimate of drug-likeness (QED) is 0.807. The zero-order chi connectivity index (χ0) is 11.9. The van der Waals surface area contributed by atoms with Gasteiger partial charge in [-0.1, -0.05) is 6.42 Å². The minimum absolute atomic E-state index is 0.395. The molecule has 4 unspecified atom stereocenters. The highest BCUT2D eigenvalue weighted by Gasteiger charge is 2.40. The predicted molar refractivity (Wildman–Crippen MR) is 72.1 cm³/mol. The molecule has 17 heavy (non-hydrogen) atoms. The van der Waals surface area contributed by atoms with Crippen LogP contribution in [-0.2, 0) is 0 Å². The van der Waals surface area contributed by atoms with E-state index in [2.05, 4.69) is 24.2 Å². The van der Waals surface area contributed by atoms with Gasteiger partial charge in [0.1, 0.15) is 0 Å². The van der Waals surface area contributed by atoms with Crippen molar-refractivity contribution in [3.05, 3.63) is 0 Å². The van der Waals surface area contributed by atoms with Gasteiger partial charge in [-0.2, -0.15) is 0 Å². The summed E-state index contributed by atoms with van der Waals surface area (Å²) in [5.41, 5.74) is 0.395. The van der Waals surface area contributed by atoms with E-state index in [9.17, 15) is 0 Å². The molecule has 2 bridgehead atoms. The largest absolute Gasteiger partial charge is 0.310 e. The lowest BCUT2D eigenvalue weighted by molar-refractivity contribution is 0.181. The van der Waals surface area contributed by atoms with Gasteiger partial charge in [0.05, 0.1) is 0 Å². The first kappa shape index (κ1) is 12.0. The van der Waals surface area contributed by atoms with Crippen LogP contribution in [0, 0.1) is 17.8 Å². The Kier molecular flexibility index (Phi) is 3.20. The van der Waals surface area contributed by atoms with E-state index in [4.69, 9.17) is 0 Å². The Balaban J connectivity index is 1.48. The minimum Gasteiger partial charge on any atom is -0.310 e. The average Bonchev–Trinajstić information content (AvgIpc) is 2.93. The Morgan fingerprint density at radius 1 is 1.29 bits per heavy atom. The smallest absolute Gasteiger partial charge is 0.0280 e. The fourth-order valence-electron chi connectivity index (χ4n) is 4.75. The van der Waals surface area contributed by atoms with Crippen LogP contribution in [0.1, 0.15) is 45.4 Å². The number of nitrogens with zero attached hydrogens (tertiary/aromatic N) is 1. The number of hydrogen-bond acceptors (Lipinski definition) is 2. The maximum Gasteiger partial charge on any atom is 0.0280 e. The van der Waals surface area contributed by atoms with Crippen LogP contribution in [0.4, 0.5) is 0 Å². The minimum atomic E-state index is 0.395. The van der Waals surface area contributed by atoms with Gasteiger partial charge in [-0.3, -0.25) is 0 Å². The number of fused-ring (bicyclic) bond motifs is 2. The van der Waals surface area contributed by atoms with Crippen molar-refractivity contribution in [2.24, 2.45) is 17.8 Å². The van der Waals surface area contributed by atoms with Crippen molar-refractivity contribution >= 4 is 0 Å². The molecule has 0 amide bonds. The Morgan fingerprint density at radius 2 is 2.18 bits per heavy atom. The fraction of sp³-hybridized carbons (Fsp3) is 1.00. The van der Waals surface area contributed by atoms with Crippen LogP contribution in [0.5, 0.6) is 0 Å². The molecule has 1 heterocycles. The third-order valence-electron chi connectivity index (χ3n) is 5.51. The van der Waals surface area contributed by atoms with Crippen molar-refractivity contribution in [1.82, 2.24) is 10.2 Å². The highest BCUT2D eigenvalue weighted by atomic mass is 15.2. The molecule has 3 aliphatic rings. The molecule has 98 valence electrons. The molecule has 0 radical (unpaired) electrons. The topological polar surface area (TPSA) is 15.3 Å². The third kappa shape index (κ3) is 2.53. The third-order valence-corrected chi connectivity index (χ3v) is 5.51. The maximum absolute atomic E-state index is 3.68. The standard InChI is InChI=1S/C15H28N2/c1-15(6-3-7-16-15)11-17(2)10-14-9-12-4-5-13(14)8-12/h12-14,16H,3-11H2,1-2H3. The van der Waals surface area contributed by atoms with E-state index in [1.807, 2.05) is 0 Å². The molecule has 2 aliphatic carbocycles. The van der Waals surface area contributed by atoms with Crippen LogP contribution in [0.2, 0.25) is 0 Å². The molecule has 1 N–H and O–H groups in total. The zero-order valence-corrected chi connectivity index (χ0v) is 11.5. The van der Waals surface area contributed by atoms with E-state index >= 15 is 0 Å². The summed E-state index contributed by atoms with van der Waals surface area (Å²) in [5.74, 6) is 3.19. The van der Waals surface area contributed by atoms with E-state index in [0.717, 1.165) is 17.8 Å². The van der Waals surface area contributed by atoms with E-state index in [1.165, 1.54) is 51.7 Å². The first-order valence-electron chi connectivity index (χ1n) is 7.58. The van der Waals surface area contributed by atoms with Gasteiger partial charge in [0, 0.05) is 18.6 Å². The van der Waals surface area contributed by atoms with Crippen LogP contribution < -0.4 is 5.32 Å². The molecule has 0 aromatic heterocycles. The van der Waals surface area contributed by atoms with Crippen molar-refractivity contribution in [3.63, 3.8) is 0 Å². The Morgan fingerprint density at radius 3 is 2.76 bits per heavy atom. The number of rotatable bonds is 4. The lowest BCUT2D eigenvalue weighted by atomic mass is 9.88. The zero-order valence-electron chi connectivity index (χ0n) is 11.5. The summed E-state index contributed by atoms with van der Waals surface area (Å²) < 4.78 is 0. The number of nitrogens with one attached hydrogen (secondary N) is 1. The van der Waals surface area contributed by atoms with Gasteiger partial charge in [0.2, 0.25) is 0 Å². The predicted octanol–water partition coefficient (Wildman–Crippen LogP) is 2.50. The highest BCUT2D eigenvalue weighted by Crippen LogP contribution is 2.48. The van der Waals surface area contributed by atoms with Gasteiger partial charge in [-0.25, -0.2) is 0 Å². The lowest BCUT2D eigenvalue weighted by Crippen LogP contribution is -2.47. The second-order valence-electron chi connectivity index (χ2n) is 7.22. The molecule has 0 spiro atoms. The van der Waals surface area contributed by atoms with Gasteiger partial charge >= 0.3 is 0 Å². The average molecular weight is 236 g/mol. The number of hydrogen-bond donors (Lipinski definition) is 1. The summed E-state index contributed by atoms with van der Waals surface area (Å²) in [6.45, 7) is 6.20. The molecule has 3 fully saturated rings. The SMILES string of the molecule is CN(CC1CC2CCC1C2)CC1(C)CCCN1. The summed E-state index contributed by atoms with van der Waals surface area (Å²) in [6, 6.07) is 0. The van der Waals surface area contributed by atoms with E-state index < -0.39 is 0 Å². The van der Waals surface area contributed by atoms with E-state index in [1.54, 1.807) is 6.42 Å². The molecule has 2 saturated carbocycles. The molecule has 4 atom stereocenters. The monoisotopic (exact) mass is 236 g/mol. The molecule has 0 aromatic carbocycles. The summed E-state index contributed by atoms with van der Waals surface area (Å²) >= 11 is 0. The van der Waals surface area contributed by atoms with Crippen molar-refractivity contribution < 1.29 is 0 Å². The van der Waals surface area contributed by atoms with Crippen molar-refractivity contribution in [1.29, 1.82) is 0 Å². The Hall–Kier alpha value is -0.0800. The summed E-state index contributed by atoms with van der Waals surface area (Å²) in [7, 11) is 2.33. The van der Waals surface area contributed by atoms with Crippen molar-refractivity contribution in [2.45, 2.75) is 51.0 Å². The highest BCUT2D eigenvalue weighted by molar-refractivity contribution is 4.94. The van der Waals surface area contributed by atoms with Crippen molar-refractivity contribution in [3.8, 4) is 0 Å². The molecule has 1 saturated heterocycles. The van der Waals surface area contributed by atoms with Crippen LogP contribution in [-0.4, -0.2) is 37.1 Å². The normalized spacial score (nSPS) is 45.0. The molecular weight excluding hydrogens is 208 g/mol. The second-order valence-corrected chi connectivity index (χ2v) is 7.22. The van der Waals surface area contributed by atoms with Crippen LogP contribution >= 0.6 is 0 Å². The molecule has 0 aromatic rings. The maximum atomic E-state index is 3.68. The Bertz CT molecular complexity index is 270. The molecule has 2 nitrogen and oxygen atoms in total. The van der Waals surface area contributed by atoms with E-state index in [0.29, 0.717) is 5.54 Å². The van der Waals surface area contributed by atoms with Gasteiger partial charge in [-0.05, 0) is 70.4 Å². The van der Waals surface area contributed by atoms with Gasteiger partial charge in [0.15, 0.2) is 0 Å². The van der Waals surface area contributed by atoms with Gasteiger partial charge < -0.3 is 10.2 Å². The second kappa shape index (κ2) is 4.55. The summed E-state index contributed by atoms with van der Waals surface area (Å²) in [4.78, 5) is 2.60. The van der Waals surface area contributed by atoms with Gasteiger partial charge in [0.25, 0.3) is 0 Å². The van der Waals surface area contributed by atoms with Gasteiger partial charge in [-0.15, -0.1) is 0 Å². The van der Waals surface area contributed by atoms with Crippen LogP contribution in [0.15, 0.2) is 0 Å². The van der Waals surface area contributed by atoms with Crippen LogP contribution in [0.3, 0.4) is 0 Å². The molecule has 1 aliphatic heterocycles. The lowest BCUT2D eigenvalue weighted by Gasteiger charge is -2.33. The molecule has 3 rings (SSSR count). The summed E-state index contributed by atoms with van der Waals surface area (Å²) in [6.07, 6.45) is 8.85. The van der Waals surface area contributed by atoms with Crippen LogP contribution in [0.25, 0.3) is 0 Å². The molecular formula is C15H28N2. The van der Waals surface area contributed by atoms with Crippen molar-refractivity contribution in [2.75, 3.05) is 26.7 Å². The number of likely N-dealkylation sites (N-methyl/N-ethyl adjacent to an activating group) is 1. The molecule has 2 heteroatoms. The summed E-state index contributed by atoms with van der Waals surface area (Å²) in [5, 5.41) is 3.68. The first-order chi connectivity index (χ1) is 8.15.